The van der Waals surface area contributed by atoms with Gasteiger partial charge in [0.15, 0.2) is 18.2 Å². The molecule has 0 spiro atoms. The van der Waals surface area contributed by atoms with Gasteiger partial charge in [-0.25, -0.2) is 9.18 Å². The molecule has 3 amide bonds. The van der Waals surface area contributed by atoms with Gasteiger partial charge in [0.1, 0.15) is 6.54 Å². The van der Waals surface area contributed by atoms with Crippen molar-refractivity contribution in [2.45, 2.75) is 6.18 Å². The third kappa shape index (κ3) is 6.03. The van der Waals surface area contributed by atoms with Crippen molar-refractivity contribution in [1.29, 1.82) is 0 Å². The number of urea groups is 1. The molecule has 0 aliphatic heterocycles. The van der Waals surface area contributed by atoms with Gasteiger partial charge >= 0.3 is 12.2 Å². The van der Waals surface area contributed by atoms with Gasteiger partial charge in [0.25, 0.3) is 5.91 Å². The van der Waals surface area contributed by atoms with Gasteiger partial charge in [0.2, 0.25) is 0 Å². The predicted octanol–water partition coefficient (Wildman–Crippen LogP) is 1.59. The molecule has 0 aliphatic rings. The van der Waals surface area contributed by atoms with Crippen LogP contribution in [0.2, 0.25) is 0 Å². The van der Waals surface area contributed by atoms with E-state index in [2.05, 4.69) is 0 Å². The summed E-state index contributed by atoms with van der Waals surface area (Å²) in [5.74, 6) is -1.92. The number of carbonyl (C=O) groups is 2. The molecule has 0 unspecified atom stereocenters. The van der Waals surface area contributed by atoms with Crippen molar-refractivity contribution in [1.82, 2.24) is 10.6 Å². The molecule has 0 radical (unpaired) electrons. The van der Waals surface area contributed by atoms with Gasteiger partial charge in [0.05, 0.1) is 0 Å². The molecule has 1 aromatic rings. The number of amides is 3. The van der Waals surface area contributed by atoms with E-state index in [1.807, 2.05) is 0 Å². The van der Waals surface area contributed by atoms with Crippen molar-refractivity contribution < 1.29 is 31.9 Å². The standard InChI is InChI=1S/C11H10F4N2O3/c12-7-3-1-2-4-8(7)20-5-9(18)17-10(19)16-6-11(13,14)15/h1-4H,5-6H2,(H2,16,17,18,19). The number of carbonyl (C=O) groups excluding carboxylic acids is 2. The molecule has 0 fully saturated rings. The fourth-order valence-corrected chi connectivity index (χ4v) is 1.09. The molecule has 5 nitrogen and oxygen atoms in total. The second kappa shape index (κ2) is 6.73. The molecule has 0 aliphatic carbocycles. The maximum atomic E-state index is 13.1. The molecule has 110 valence electrons. The van der Waals surface area contributed by atoms with Crippen LogP contribution in [-0.2, 0) is 4.79 Å². The number of para-hydroxylation sites is 1. The van der Waals surface area contributed by atoms with Crippen molar-refractivity contribution in [3.8, 4) is 5.75 Å². The Morgan fingerprint density at radius 1 is 1.20 bits per heavy atom. The SMILES string of the molecule is O=C(COc1ccccc1F)NC(=O)NCC(F)(F)F. The van der Waals surface area contributed by atoms with Crippen molar-refractivity contribution in [3.63, 3.8) is 0 Å². The molecule has 9 heteroatoms. The monoisotopic (exact) mass is 294 g/mol. The lowest BCUT2D eigenvalue weighted by atomic mass is 10.3. The molecule has 0 heterocycles. The normalized spacial score (nSPS) is 10.8. The summed E-state index contributed by atoms with van der Waals surface area (Å²) in [7, 11) is 0. The highest BCUT2D eigenvalue weighted by Gasteiger charge is 2.27. The van der Waals surface area contributed by atoms with Crippen LogP contribution >= 0.6 is 0 Å². The topological polar surface area (TPSA) is 67.4 Å². The second-order valence-corrected chi connectivity index (χ2v) is 3.57. The summed E-state index contributed by atoms with van der Waals surface area (Å²) >= 11 is 0. The van der Waals surface area contributed by atoms with Crippen LogP contribution in [0.25, 0.3) is 0 Å². The lowest BCUT2D eigenvalue weighted by molar-refractivity contribution is -0.125. The Morgan fingerprint density at radius 2 is 1.85 bits per heavy atom. The van der Waals surface area contributed by atoms with Gasteiger partial charge in [-0.05, 0) is 12.1 Å². The molecule has 0 saturated heterocycles. The molecule has 0 saturated carbocycles. The maximum Gasteiger partial charge on any atom is 0.405 e. The van der Waals surface area contributed by atoms with Crippen LogP contribution < -0.4 is 15.4 Å². The Hall–Kier alpha value is -2.32. The summed E-state index contributed by atoms with van der Waals surface area (Å²) in [6.45, 7) is -2.28. The van der Waals surface area contributed by atoms with E-state index in [1.54, 1.807) is 5.32 Å². The fraction of sp³-hybridized carbons (Fsp3) is 0.273. The third-order valence-electron chi connectivity index (χ3n) is 1.90. The number of hydrogen-bond acceptors (Lipinski definition) is 3. The Balaban J connectivity index is 2.34. The molecule has 2 N–H and O–H groups in total. The number of benzene rings is 1. The van der Waals surface area contributed by atoms with Crippen molar-refractivity contribution in [2.24, 2.45) is 0 Å². The minimum absolute atomic E-state index is 0.210. The van der Waals surface area contributed by atoms with E-state index >= 15 is 0 Å². The van der Waals surface area contributed by atoms with Crippen LogP contribution in [0.5, 0.6) is 5.75 Å². The molecule has 1 rings (SSSR count). The molecule has 20 heavy (non-hydrogen) atoms. The van der Waals surface area contributed by atoms with Gasteiger partial charge in [-0.3, -0.25) is 10.1 Å². The van der Waals surface area contributed by atoms with Crippen LogP contribution in [0.3, 0.4) is 0 Å². The lowest BCUT2D eigenvalue weighted by Gasteiger charge is -2.10. The number of imide groups is 1. The van der Waals surface area contributed by atoms with Crippen molar-refractivity contribution >= 4 is 11.9 Å². The molecular formula is C11H10F4N2O3. The van der Waals surface area contributed by atoms with E-state index in [0.717, 1.165) is 6.07 Å². The van der Waals surface area contributed by atoms with Crippen LogP contribution in [0, 0.1) is 5.82 Å². The van der Waals surface area contributed by atoms with E-state index in [-0.39, 0.29) is 5.75 Å². The smallest absolute Gasteiger partial charge is 0.405 e. The first-order valence-electron chi connectivity index (χ1n) is 5.29. The second-order valence-electron chi connectivity index (χ2n) is 3.57. The highest BCUT2D eigenvalue weighted by Crippen LogP contribution is 2.15. The fourth-order valence-electron chi connectivity index (χ4n) is 1.09. The van der Waals surface area contributed by atoms with E-state index in [4.69, 9.17) is 4.74 Å². The van der Waals surface area contributed by atoms with E-state index < -0.39 is 37.1 Å². The van der Waals surface area contributed by atoms with Crippen LogP contribution in [0.4, 0.5) is 22.4 Å². The highest BCUT2D eigenvalue weighted by molar-refractivity contribution is 5.95. The summed E-state index contributed by atoms with van der Waals surface area (Å²) in [5, 5.41) is 3.04. The Labute approximate surface area is 110 Å². The first kappa shape index (κ1) is 15.7. The Kier molecular flexibility index (Phi) is 5.30. The lowest BCUT2D eigenvalue weighted by Crippen LogP contribution is -2.44. The van der Waals surface area contributed by atoms with Gasteiger partial charge in [-0.15, -0.1) is 0 Å². The maximum absolute atomic E-state index is 13.1. The summed E-state index contributed by atoms with van der Waals surface area (Å²) in [6, 6.07) is 3.92. The third-order valence-corrected chi connectivity index (χ3v) is 1.90. The minimum Gasteiger partial charge on any atom is -0.481 e. The predicted molar refractivity (Wildman–Crippen MR) is 59.5 cm³/mol. The van der Waals surface area contributed by atoms with Crippen LogP contribution in [0.1, 0.15) is 0 Å². The van der Waals surface area contributed by atoms with Crippen molar-refractivity contribution in [2.75, 3.05) is 13.2 Å². The number of alkyl halides is 3. The first-order chi connectivity index (χ1) is 9.28. The minimum atomic E-state index is -4.58. The number of ether oxygens (including phenoxy) is 1. The quantitative estimate of drug-likeness (QED) is 0.829. The molecule has 1 aromatic carbocycles. The van der Waals surface area contributed by atoms with Gasteiger partial charge < -0.3 is 10.1 Å². The van der Waals surface area contributed by atoms with E-state index in [1.165, 1.54) is 23.5 Å². The summed E-state index contributed by atoms with van der Waals surface area (Å²) in [4.78, 5) is 22.1. The van der Waals surface area contributed by atoms with Crippen LogP contribution in [-0.4, -0.2) is 31.3 Å². The Bertz CT molecular complexity index is 491. The zero-order chi connectivity index (χ0) is 15.2. The highest BCUT2D eigenvalue weighted by atomic mass is 19.4. The first-order valence-corrected chi connectivity index (χ1v) is 5.29. The zero-order valence-corrected chi connectivity index (χ0v) is 9.96. The molecule has 0 bridgehead atoms. The molecule has 0 atom stereocenters. The average Bonchev–Trinajstić information content (AvgIpc) is 2.35. The number of halogens is 4. The summed E-state index contributed by atoms with van der Waals surface area (Å²) in [6.07, 6.45) is -4.58. The Morgan fingerprint density at radius 3 is 2.45 bits per heavy atom. The van der Waals surface area contributed by atoms with Gasteiger partial charge in [-0.1, -0.05) is 12.1 Å². The number of hydrogen-bond donors (Lipinski definition) is 2. The molecule has 0 aromatic heterocycles. The molecular weight excluding hydrogens is 284 g/mol. The van der Waals surface area contributed by atoms with Crippen molar-refractivity contribution in [3.05, 3.63) is 30.1 Å². The number of rotatable bonds is 4. The zero-order valence-electron chi connectivity index (χ0n) is 9.96. The summed E-state index contributed by atoms with van der Waals surface area (Å²) < 4.78 is 53.2. The van der Waals surface area contributed by atoms with Gasteiger partial charge in [-0.2, -0.15) is 13.2 Å². The van der Waals surface area contributed by atoms with Gasteiger partial charge in [0, 0.05) is 0 Å². The average molecular weight is 294 g/mol. The van der Waals surface area contributed by atoms with E-state index in [0.29, 0.717) is 0 Å². The largest absolute Gasteiger partial charge is 0.481 e. The summed E-state index contributed by atoms with van der Waals surface area (Å²) in [5.41, 5.74) is 0. The number of nitrogens with one attached hydrogen (secondary N) is 2. The van der Waals surface area contributed by atoms with Crippen LogP contribution in [0.15, 0.2) is 24.3 Å². The van der Waals surface area contributed by atoms with E-state index in [9.17, 15) is 27.2 Å².